The summed E-state index contributed by atoms with van der Waals surface area (Å²) in [5.74, 6) is 0.370. The van der Waals surface area contributed by atoms with Crippen molar-refractivity contribution in [3.8, 4) is 0 Å². The second-order valence-corrected chi connectivity index (χ2v) is 5.05. The van der Waals surface area contributed by atoms with E-state index in [1.54, 1.807) is 0 Å². The molecule has 1 amide bonds. The van der Waals surface area contributed by atoms with Crippen molar-refractivity contribution in [2.24, 2.45) is 5.92 Å². The Morgan fingerprint density at radius 2 is 2.19 bits per heavy atom. The van der Waals surface area contributed by atoms with Gasteiger partial charge in [0.1, 0.15) is 0 Å². The summed E-state index contributed by atoms with van der Waals surface area (Å²) in [5.41, 5.74) is 0. The minimum absolute atomic E-state index is 0.151. The van der Waals surface area contributed by atoms with Gasteiger partial charge in [-0.25, -0.2) is 0 Å². The zero-order valence-corrected chi connectivity index (χ0v) is 10.2. The van der Waals surface area contributed by atoms with E-state index in [0.717, 1.165) is 32.4 Å². The Balaban J connectivity index is 1.82. The molecular weight excluding hydrogens is 204 g/mol. The van der Waals surface area contributed by atoms with E-state index in [-0.39, 0.29) is 17.9 Å². The molecule has 0 spiro atoms. The molecule has 0 bridgehead atoms. The summed E-state index contributed by atoms with van der Waals surface area (Å²) in [5, 5.41) is 6.47. The van der Waals surface area contributed by atoms with E-state index in [9.17, 15) is 4.79 Å². The molecule has 2 fully saturated rings. The molecule has 2 saturated heterocycles. The van der Waals surface area contributed by atoms with E-state index in [1.165, 1.54) is 0 Å². The Kier molecular flexibility index (Phi) is 3.82. The Hall–Kier alpha value is -0.610. The van der Waals surface area contributed by atoms with Gasteiger partial charge < -0.3 is 15.4 Å². The number of hydrogen-bond donors (Lipinski definition) is 2. The predicted molar refractivity (Wildman–Crippen MR) is 62.2 cm³/mol. The number of rotatable bonds is 2. The van der Waals surface area contributed by atoms with Gasteiger partial charge in [-0.15, -0.1) is 0 Å². The average molecular weight is 226 g/mol. The van der Waals surface area contributed by atoms with Crippen LogP contribution in [-0.2, 0) is 9.53 Å². The van der Waals surface area contributed by atoms with Gasteiger partial charge in [0.25, 0.3) is 0 Å². The fraction of sp³-hybridized carbons (Fsp3) is 0.917. The molecule has 92 valence electrons. The van der Waals surface area contributed by atoms with Crippen molar-refractivity contribution in [3.63, 3.8) is 0 Å². The van der Waals surface area contributed by atoms with Crippen LogP contribution in [0.2, 0.25) is 0 Å². The van der Waals surface area contributed by atoms with Crippen molar-refractivity contribution in [2.45, 2.75) is 51.3 Å². The molecule has 2 heterocycles. The van der Waals surface area contributed by atoms with Gasteiger partial charge in [-0.1, -0.05) is 0 Å². The van der Waals surface area contributed by atoms with Gasteiger partial charge in [0, 0.05) is 18.7 Å². The van der Waals surface area contributed by atoms with Gasteiger partial charge in [0.15, 0.2) is 0 Å². The van der Waals surface area contributed by atoms with Crippen LogP contribution in [0.1, 0.15) is 33.1 Å². The normalized spacial score (nSPS) is 39.6. The summed E-state index contributed by atoms with van der Waals surface area (Å²) in [6.45, 7) is 5.88. The van der Waals surface area contributed by atoms with Crippen LogP contribution in [0.15, 0.2) is 0 Å². The summed E-state index contributed by atoms with van der Waals surface area (Å²) < 4.78 is 5.47. The summed E-state index contributed by atoms with van der Waals surface area (Å²) in [7, 11) is 0. The maximum Gasteiger partial charge on any atom is 0.224 e. The third-order valence-electron chi connectivity index (χ3n) is 3.69. The van der Waals surface area contributed by atoms with Crippen molar-refractivity contribution in [1.82, 2.24) is 10.6 Å². The van der Waals surface area contributed by atoms with Crippen LogP contribution in [-0.4, -0.2) is 37.2 Å². The van der Waals surface area contributed by atoms with Gasteiger partial charge >= 0.3 is 0 Å². The van der Waals surface area contributed by atoms with Crippen molar-refractivity contribution >= 4 is 5.91 Å². The molecule has 4 heteroatoms. The Bertz CT molecular complexity index is 257. The molecule has 16 heavy (non-hydrogen) atoms. The molecule has 0 aromatic heterocycles. The monoisotopic (exact) mass is 226 g/mol. The number of amides is 1. The van der Waals surface area contributed by atoms with Gasteiger partial charge in [-0.05, 0) is 39.7 Å². The summed E-state index contributed by atoms with van der Waals surface area (Å²) >= 11 is 0. The summed E-state index contributed by atoms with van der Waals surface area (Å²) in [4.78, 5) is 12.0. The van der Waals surface area contributed by atoms with Gasteiger partial charge in [-0.3, -0.25) is 4.79 Å². The molecule has 4 atom stereocenters. The summed E-state index contributed by atoms with van der Waals surface area (Å²) in [6, 6.07) is 0.626. The van der Waals surface area contributed by atoms with Gasteiger partial charge in [0.2, 0.25) is 5.91 Å². The quantitative estimate of drug-likeness (QED) is 0.727. The molecule has 2 aliphatic heterocycles. The van der Waals surface area contributed by atoms with E-state index in [4.69, 9.17) is 4.74 Å². The van der Waals surface area contributed by atoms with E-state index < -0.39 is 0 Å². The third kappa shape index (κ3) is 2.74. The highest BCUT2D eigenvalue weighted by Gasteiger charge is 2.31. The molecule has 2 aliphatic rings. The molecule has 2 rings (SSSR count). The molecule has 0 saturated carbocycles. The van der Waals surface area contributed by atoms with Crippen LogP contribution >= 0.6 is 0 Å². The minimum Gasteiger partial charge on any atom is -0.378 e. The first-order chi connectivity index (χ1) is 7.66. The Morgan fingerprint density at radius 3 is 2.81 bits per heavy atom. The van der Waals surface area contributed by atoms with Crippen molar-refractivity contribution in [3.05, 3.63) is 0 Å². The molecular formula is C12H22N2O2. The standard InChI is InChI=1S/C12H22N2O2/c1-8-7-10(4-6-16-8)14-12(15)11-3-5-13-9(11)2/h8-11,13H,3-7H2,1-2H3,(H,14,15). The highest BCUT2D eigenvalue weighted by Crippen LogP contribution is 2.18. The average Bonchev–Trinajstić information content (AvgIpc) is 2.64. The SMILES string of the molecule is CC1CC(NC(=O)C2CCNC2C)CCO1. The lowest BCUT2D eigenvalue weighted by Gasteiger charge is -2.29. The molecule has 2 N–H and O–H groups in total. The second kappa shape index (κ2) is 5.15. The van der Waals surface area contributed by atoms with Crippen LogP contribution < -0.4 is 10.6 Å². The molecule has 0 radical (unpaired) electrons. The first kappa shape index (κ1) is 11.9. The van der Waals surface area contributed by atoms with Gasteiger partial charge in [0.05, 0.1) is 12.0 Å². The fourth-order valence-corrected chi connectivity index (χ4v) is 2.65. The highest BCUT2D eigenvalue weighted by atomic mass is 16.5. The maximum absolute atomic E-state index is 12.0. The van der Waals surface area contributed by atoms with Crippen LogP contribution in [0.3, 0.4) is 0 Å². The highest BCUT2D eigenvalue weighted by molar-refractivity contribution is 5.80. The minimum atomic E-state index is 0.151. The first-order valence-corrected chi connectivity index (χ1v) is 6.32. The lowest BCUT2D eigenvalue weighted by molar-refractivity contribution is -0.126. The zero-order valence-electron chi connectivity index (χ0n) is 10.2. The molecule has 4 unspecified atom stereocenters. The lowest BCUT2D eigenvalue weighted by atomic mass is 9.98. The lowest BCUT2D eigenvalue weighted by Crippen LogP contribution is -2.45. The second-order valence-electron chi connectivity index (χ2n) is 5.05. The summed E-state index contributed by atoms with van der Waals surface area (Å²) in [6.07, 6.45) is 3.13. The molecule has 0 aromatic carbocycles. The van der Waals surface area contributed by atoms with E-state index in [2.05, 4.69) is 24.5 Å². The number of carbonyl (C=O) groups is 1. The Labute approximate surface area is 97.1 Å². The maximum atomic E-state index is 12.0. The Morgan fingerprint density at radius 1 is 1.38 bits per heavy atom. The van der Waals surface area contributed by atoms with Crippen molar-refractivity contribution in [2.75, 3.05) is 13.2 Å². The van der Waals surface area contributed by atoms with E-state index in [0.29, 0.717) is 12.1 Å². The van der Waals surface area contributed by atoms with E-state index >= 15 is 0 Å². The number of carbonyl (C=O) groups excluding carboxylic acids is 1. The smallest absolute Gasteiger partial charge is 0.224 e. The van der Waals surface area contributed by atoms with Crippen LogP contribution in [0, 0.1) is 5.92 Å². The van der Waals surface area contributed by atoms with Crippen LogP contribution in [0.4, 0.5) is 0 Å². The molecule has 0 aliphatic carbocycles. The molecule has 0 aromatic rings. The zero-order chi connectivity index (χ0) is 11.5. The van der Waals surface area contributed by atoms with Crippen molar-refractivity contribution in [1.29, 1.82) is 0 Å². The topological polar surface area (TPSA) is 50.4 Å². The number of ether oxygens (including phenoxy) is 1. The van der Waals surface area contributed by atoms with Crippen molar-refractivity contribution < 1.29 is 9.53 Å². The first-order valence-electron chi connectivity index (χ1n) is 6.32. The van der Waals surface area contributed by atoms with Crippen LogP contribution in [0.5, 0.6) is 0 Å². The van der Waals surface area contributed by atoms with E-state index in [1.807, 2.05) is 0 Å². The predicted octanol–water partition coefficient (Wildman–Crippen LogP) is 0.668. The largest absolute Gasteiger partial charge is 0.378 e. The number of nitrogens with one attached hydrogen (secondary N) is 2. The van der Waals surface area contributed by atoms with Crippen LogP contribution in [0.25, 0.3) is 0 Å². The molecule has 4 nitrogen and oxygen atoms in total. The fourth-order valence-electron chi connectivity index (χ4n) is 2.65. The van der Waals surface area contributed by atoms with Gasteiger partial charge in [-0.2, -0.15) is 0 Å². The third-order valence-corrected chi connectivity index (χ3v) is 3.69. The number of hydrogen-bond acceptors (Lipinski definition) is 3.